The van der Waals surface area contributed by atoms with Crippen molar-refractivity contribution in [3.05, 3.63) is 17.0 Å². The first-order valence-corrected chi connectivity index (χ1v) is 7.79. The van der Waals surface area contributed by atoms with Gasteiger partial charge in [0.25, 0.3) is 5.91 Å². The summed E-state index contributed by atoms with van der Waals surface area (Å²) >= 11 is 0. The second-order valence-electron chi connectivity index (χ2n) is 6.04. The third-order valence-corrected chi connectivity index (χ3v) is 4.55. The van der Waals surface area contributed by atoms with Gasteiger partial charge in [0.05, 0.1) is 0 Å². The number of carbonyl (C=O) groups is 1. The zero-order valence-corrected chi connectivity index (χ0v) is 12.3. The molecule has 1 aromatic heterocycles. The maximum atomic E-state index is 12.7. The molecular weight excluding hydrogens is 252 g/mol. The summed E-state index contributed by atoms with van der Waals surface area (Å²) in [4.78, 5) is 16.9. The molecule has 0 atom stereocenters. The van der Waals surface area contributed by atoms with E-state index in [0.717, 1.165) is 39.0 Å². The van der Waals surface area contributed by atoms with E-state index >= 15 is 0 Å². The minimum absolute atomic E-state index is 0.121. The molecule has 0 radical (unpaired) electrons. The number of rotatable bonds is 1. The van der Waals surface area contributed by atoms with Crippen molar-refractivity contribution in [3.63, 3.8) is 0 Å². The number of nitrogens with one attached hydrogen (secondary N) is 1. The Hall–Kier alpha value is -1.36. The summed E-state index contributed by atoms with van der Waals surface area (Å²) in [5.41, 5.74) is 3.07. The lowest BCUT2D eigenvalue weighted by molar-refractivity contribution is 0.0657. The summed E-state index contributed by atoms with van der Waals surface area (Å²) < 4.78 is 0. The van der Waals surface area contributed by atoms with E-state index in [4.69, 9.17) is 0 Å². The first-order chi connectivity index (χ1) is 9.75. The van der Waals surface area contributed by atoms with Crippen LogP contribution in [0.25, 0.3) is 0 Å². The average Bonchev–Trinajstić information content (AvgIpc) is 2.80. The number of nitrogens with zero attached hydrogens (tertiary/aromatic N) is 3. The van der Waals surface area contributed by atoms with Gasteiger partial charge in [-0.15, -0.1) is 0 Å². The van der Waals surface area contributed by atoms with Gasteiger partial charge in [-0.3, -0.25) is 9.89 Å². The van der Waals surface area contributed by atoms with Gasteiger partial charge in [0, 0.05) is 37.4 Å². The molecule has 1 aliphatic heterocycles. The number of carbonyl (C=O) groups excluding carboxylic acids is 1. The van der Waals surface area contributed by atoms with E-state index in [-0.39, 0.29) is 5.91 Å². The Morgan fingerprint density at radius 2 is 1.75 bits per heavy atom. The second-order valence-corrected chi connectivity index (χ2v) is 6.04. The quantitative estimate of drug-likeness (QED) is 0.845. The molecule has 0 saturated carbocycles. The fraction of sp³-hybridized carbons (Fsp3) is 0.733. The zero-order valence-electron chi connectivity index (χ0n) is 12.3. The van der Waals surface area contributed by atoms with Gasteiger partial charge in [0.15, 0.2) is 5.69 Å². The minimum Gasteiger partial charge on any atom is -0.335 e. The number of aryl methyl sites for hydroxylation is 1. The molecule has 3 rings (SSSR count). The van der Waals surface area contributed by atoms with Crippen LogP contribution in [0.5, 0.6) is 0 Å². The lowest BCUT2D eigenvalue weighted by Crippen LogP contribution is -2.47. The molecular formula is C15H24N4O. The largest absolute Gasteiger partial charge is 0.335 e. The summed E-state index contributed by atoms with van der Waals surface area (Å²) in [5, 5.41) is 7.46. The van der Waals surface area contributed by atoms with Crippen molar-refractivity contribution in [1.82, 2.24) is 20.0 Å². The number of hydrogen-bond acceptors (Lipinski definition) is 3. The van der Waals surface area contributed by atoms with Crippen molar-refractivity contribution in [2.75, 3.05) is 33.2 Å². The average molecular weight is 276 g/mol. The number of likely N-dealkylation sites (N-methyl/N-ethyl adjacent to an activating group) is 1. The Kier molecular flexibility index (Phi) is 4.05. The highest BCUT2D eigenvalue weighted by Crippen LogP contribution is 2.22. The molecule has 110 valence electrons. The molecule has 0 aromatic carbocycles. The first-order valence-electron chi connectivity index (χ1n) is 7.79. The van der Waals surface area contributed by atoms with Crippen LogP contribution in [0.1, 0.15) is 47.4 Å². The lowest BCUT2D eigenvalue weighted by atomic mass is 9.96. The van der Waals surface area contributed by atoms with Crippen LogP contribution >= 0.6 is 0 Å². The number of H-pyrrole nitrogens is 1. The summed E-state index contributed by atoms with van der Waals surface area (Å²) in [6.07, 6.45) is 6.98. The van der Waals surface area contributed by atoms with Crippen molar-refractivity contribution >= 4 is 5.91 Å². The van der Waals surface area contributed by atoms with Crippen LogP contribution in [0.3, 0.4) is 0 Å². The standard InChI is InChI=1S/C15H24N4O/c1-18-8-10-19(11-9-18)15(20)14-12-6-4-2-3-5-7-13(12)16-17-14/h2-11H2,1H3,(H,16,17). The van der Waals surface area contributed by atoms with Crippen LogP contribution in [0, 0.1) is 0 Å². The molecule has 1 aromatic rings. The van der Waals surface area contributed by atoms with Crippen LogP contribution in [-0.2, 0) is 12.8 Å². The monoisotopic (exact) mass is 276 g/mol. The van der Waals surface area contributed by atoms with Gasteiger partial charge in [-0.2, -0.15) is 5.10 Å². The van der Waals surface area contributed by atoms with Crippen LogP contribution in [0.2, 0.25) is 0 Å². The van der Waals surface area contributed by atoms with E-state index < -0.39 is 0 Å². The van der Waals surface area contributed by atoms with E-state index in [2.05, 4.69) is 22.1 Å². The normalized spacial score (nSPS) is 21.1. The Labute approximate surface area is 120 Å². The molecule has 2 heterocycles. The molecule has 2 aliphatic rings. The summed E-state index contributed by atoms with van der Waals surface area (Å²) in [7, 11) is 2.10. The van der Waals surface area contributed by atoms with Gasteiger partial charge in [-0.05, 0) is 32.7 Å². The second kappa shape index (κ2) is 5.95. The lowest BCUT2D eigenvalue weighted by Gasteiger charge is -2.32. The predicted octanol–water partition coefficient (Wildman–Crippen LogP) is 1.46. The smallest absolute Gasteiger partial charge is 0.274 e. The maximum Gasteiger partial charge on any atom is 0.274 e. The van der Waals surface area contributed by atoms with Gasteiger partial charge < -0.3 is 9.80 Å². The Morgan fingerprint density at radius 3 is 2.50 bits per heavy atom. The number of aromatic amines is 1. The Morgan fingerprint density at radius 1 is 1.05 bits per heavy atom. The fourth-order valence-electron chi connectivity index (χ4n) is 3.17. The van der Waals surface area contributed by atoms with E-state index in [1.165, 1.54) is 36.9 Å². The molecule has 1 N–H and O–H groups in total. The number of aromatic nitrogens is 2. The van der Waals surface area contributed by atoms with E-state index in [0.29, 0.717) is 5.69 Å². The van der Waals surface area contributed by atoms with E-state index in [1.807, 2.05) is 4.90 Å². The topological polar surface area (TPSA) is 52.2 Å². The summed E-state index contributed by atoms with van der Waals surface area (Å²) in [6.45, 7) is 3.55. The highest BCUT2D eigenvalue weighted by molar-refractivity contribution is 5.94. The molecule has 1 amide bonds. The van der Waals surface area contributed by atoms with Crippen molar-refractivity contribution in [1.29, 1.82) is 0 Å². The van der Waals surface area contributed by atoms with Crippen LogP contribution in [-0.4, -0.2) is 59.1 Å². The summed E-state index contributed by atoms with van der Waals surface area (Å²) in [5.74, 6) is 0.121. The van der Waals surface area contributed by atoms with Crippen molar-refractivity contribution < 1.29 is 4.79 Å². The molecule has 5 heteroatoms. The highest BCUT2D eigenvalue weighted by atomic mass is 16.2. The van der Waals surface area contributed by atoms with Gasteiger partial charge in [0.2, 0.25) is 0 Å². The maximum absolute atomic E-state index is 12.7. The number of piperazine rings is 1. The predicted molar refractivity (Wildman–Crippen MR) is 77.9 cm³/mol. The molecule has 20 heavy (non-hydrogen) atoms. The molecule has 1 fully saturated rings. The third-order valence-electron chi connectivity index (χ3n) is 4.55. The van der Waals surface area contributed by atoms with Crippen LogP contribution in [0.15, 0.2) is 0 Å². The number of fused-ring (bicyclic) bond motifs is 1. The molecule has 1 saturated heterocycles. The first kappa shape index (κ1) is 13.6. The molecule has 0 spiro atoms. The van der Waals surface area contributed by atoms with Gasteiger partial charge in [0.1, 0.15) is 0 Å². The zero-order chi connectivity index (χ0) is 13.9. The highest BCUT2D eigenvalue weighted by Gasteiger charge is 2.26. The molecule has 0 bridgehead atoms. The molecule has 1 aliphatic carbocycles. The SMILES string of the molecule is CN1CCN(C(=O)c2n[nH]c3c2CCCCCC3)CC1. The minimum atomic E-state index is 0.121. The third kappa shape index (κ3) is 2.73. The summed E-state index contributed by atoms with van der Waals surface area (Å²) in [6, 6.07) is 0. The number of amides is 1. The fourth-order valence-corrected chi connectivity index (χ4v) is 3.17. The Bertz CT molecular complexity index is 474. The Balaban J connectivity index is 1.77. The van der Waals surface area contributed by atoms with Crippen molar-refractivity contribution in [3.8, 4) is 0 Å². The molecule has 5 nitrogen and oxygen atoms in total. The van der Waals surface area contributed by atoms with Crippen LogP contribution in [0.4, 0.5) is 0 Å². The van der Waals surface area contributed by atoms with E-state index in [1.54, 1.807) is 0 Å². The van der Waals surface area contributed by atoms with E-state index in [9.17, 15) is 4.79 Å². The van der Waals surface area contributed by atoms with Gasteiger partial charge >= 0.3 is 0 Å². The van der Waals surface area contributed by atoms with Gasteiger partial charge in [-0.25, -0.2) is 0 Å². The van der Waals surface area contributed by atoms with Crippen molar-refractivity contribution in [2.45, 2.75) is 38.5 Å². The molecule has 0 unspecified atom stereocenters. The van der Waals surface area contributed by atoms with Crippen molar-refractivity contribution in [2.24, 2.45) is 0 Å². The number of hydrogen-bond donors (Lipinski definition) is 1. The van der Waals surface area contributed by atoms with Crippen LogP contribution < -0.4 is 0 Å². The van der Waals surface area contributed by atoms with Gasteiger partial charge in [-0.1, -0.05) is 12.8 Å².